The van der Waals surface area contributed by atoms with Gasteiger partial charge in [0, 0.05) is 9.89 Å². The van der Waals surface area contributed by atoms with Crippen LogP contribution in [0.2, 0.25) is 0 Å². The first kappa shape index (κ1) is 15.6. The fourth-order valence-corrected chi connectivity index (χ4v) is 1.81. The van der Waals surface area contributed by atoms with Crippen LogP contribution >= 0.6 is 15.9 Å². The van der Waals surface area contributed by atoms with E-state index in [1.165, 1.54) is 12.1 Å². The lowest BCUT2D eigenvalue weighted by molar-refractivity contribution is 0.0424. The van der Waals surface area contributed by atoms with Gasteiger partial charge in [-0.05, 0) is 18.2 Å². The van der Waals surface area contributed by atoms with Crippen molar-refractivity contribution in [1.82, 2.24) is 10.1 Å². The maximum atomic E-state index is 13.6. The molecule has 112 valence electrons. The fourth-order valence-electron chi connectivity index (χ4n) is 1.48. The minimum atomic E-state index is -0.782. The Hall–Kier alpha value is -1.76. The predicted octanol–water partition coefficient (Wildman–Crippen LogP) is 3.63. The summed E-state index contributed by atoms with van der Waals surface area (Å²) >= 11 is 3.12. The largest absolute Gasteiger partial charge is 0.452 e. The van der Waals surface area contributed by atoms with Crippen molar-refractivity contribution >= 4 is 21.9 Å². The summed E-state index contributed by atoms with van der Waals surface area (Å²) in [7, 11) is 0. The van der Waals surface area contributed by atoms with E-state index < -0.39 is 11.8 Å². The van der Waals surface area contributed by atoms with Crippen LogP contribution in [0.5, 0.6) is 0 Å². The Kier molecular flexibility index (Phi) is 4.41. The van der Waals surface area contributed by atoms with E-state index >= 15 is 0 Å². The molecule has 0 atom stereocenters. The topological polar surface area (TPSA) is 65.2 Å². The van der Waals surface area contributed by atoms with Crippen molar-refractivity contribution in [2.45, 2.75) is 32.8 Å². The highest BCUT2D eigenvalue weighted by molar-refractivity contribution is 9.10. The zero-order chi connectivity index (χ0) is 15.6. The summed E-state index contributed by atoms with van der Waals surface area (Å²) in [6.45, 7) is 5.61. The second-order valence-electron chi connectivity index (χ2n) is 5.46. The molecule has 2 aromatic rings. The molecule has 0 unspecified atom stereocenters. The van der Waals surface area contributed by atoms with Gasteiger partial charge >= 0.3 is 5.97 Å². The number of hydrogen-bond donors (Lipinski definition) is 0. The molecular weight excluding hydrogens is 343 g/mol. The minimum Gasteiger partial charge on any atom is -0.452 e. The number of halogens is 2. The maximum absolute atomic E-state index is 13.6. The summed E-state index contributed by atoms with van der Waals surface area (Å²) < 4.78 is 24.1. The first-order valence-corrected chi connectivity index (χ1v) is 7.02. The van der Waals surface area contributed by atoms with E-state index in [0.717, 1.165) is 0 Å². The highest BCUT2D eigenvalue weighted by Gasteiger charge is 2.22. The minimum absolute atomic E-state index is 0.145. The molecule has 0 spiro atoms. The number of aromatic nitrogens is 2. The monoisotopic (exact) mass is 356 g/mol. The molecular formula is C14H14BrFN2O3. The first-order valence-electron chi connectivity index (χ1n) is 6.22. The van der Waals surface area contributed by atoms with Crippen LogP contribution < -0.4 is 0 Å². The molecule has 0 aliphatic carbocycles. The fraction of sp³-hybridized carbons (Fsp3) is 0.357. The zero-order valence-electron chi connectivity index (χ0n) is 11.8. The summed E-state index contributed by atoms with van der Waals surface area (Å²) in [5.74, 6) is -0.750. The van der Waals surface area contributed by atoms with Crippen molar-refractivity contribution in [1.29, 1.82) is 0 Å². The number of hydrogen-bond acceptors (Lipinski definition) is 5. The Morgan fingerprint density at radius 3 is 2.71 bits per heavy atom. The van der Waals surface area contributed by atoms with Gasteiger partial charge in [0.05, 0.1) is 5.56 Å². The number of nitrogens with zero attached hydrogens (tertiary/aromatic N) is 2. The van der Waals surface area contributed by atoms with Gasteiger partial charge in [-0.25, -0.2) is 9.18 Å². The SMILES string of the molecule is CC(C)(C)c1noc(COC(=O)c2ccc(Br)cc2F)n1. The van der Waals surface area contributed by atoms with E-state index in [4.69, 9.17) is 9.26 Å². The van der Waals surface area contributed by atoms with Crippen LogP contribution in [-0.2, 0) is 16.8 Å². The van der Waals surface area contributed by atoms with Gasteiger partial charge < -0.3 is 9.26 Å². The maximum Gasteiger partial charge on any atom is 0.341 e. The van der Waals surface area contributed by atoms with Gasteiger partial charge in [0.2, 0.25) is 0 Å². The van der Waals surface area contributed by atoms with Crippen LogP contribution in [0.4, 0.5) is 4.39 Å². The molecule has 7 heteroatoms. The lowest BCUT2D eigenvalue weighted by Crippen LogP contribution is -2.13. The summed E-state index contributed by atoms with van der Waals surface area (Å²) in [5, 5.41) is 3.81. The molecule has 1 heterocycles. The van der Waals surface area contributed by atoms with Crippen molar-refractivity contribution in [3.8, 4) is 0 Å². The smallest absolute Gasteiger partial charge is 0.341 e. The van der Waals surface area contributed by atoms with Crippen molar-refractivity contribution in [3.63, 3.8) is 0 Å². The third kappa shape index (κ3) is 3.87. The summed E-state index contributed by atoms with van der Waals surface area (Å²) in [5.41, 5.74) is -0.405. The molecule has 0 N–H and O–H groups in total. The number of benzene rings is 1. The highest BCUT2D eigenvalue weighted by atomic mass is 79.9. The Morgan fingerprint density at radius 2 is 2.14 bits per heavy atom. The number of esters is 1. The molecule has 0 aliphatic rings. The third-order valence-corrected chi connectivity index (χ3v) is 3.11. The molecule has 0 saturated heterocycles. The van der Waals surface area contributed by atoms with Gasteiger partial charge in [-0.3, -0.25) is 0 Å². The van der Waals surface area contributed by atoms with Crippen LogP contribution in [0.25, 0.3) is 0 Å². The molecule has 21 heavy (non-hydrogen) atoms. The van der Waals surface area contributed by atoms with E-state index in [1.54, 1.807) is 6.07 Å². The Bertz CT molecular complexity index is 664. The van der Waals surface area contributed by atoms with Crippen molar-refractivity contribution < 1.29 is 18.4 Å². The Labute approximate surface area is 129 Å². The van der Waals surface area contributed by atoms with Crippen LogP contribution in [0.3, 0.4) is 0 Å². The standard InChI is InChI=1S/C14H14BrFN2O3/c1-14(2,3)13-17-11(21-18-13)7-20-12(19)9-5-4-8(15)6-10(9)16/h4-6H,7H2,1-3H3. The summed E-state index contributed by atoms with van der Waals surface area (Å²) in [6, 6.07) is 4.10. The molecule has 0 bridgehead atoms. The highest BCUT2D eigenvalue weighted by Crippen LogP contribution is 2.19. The van der Waals surface area contributed by atoms with Gasteiger partial charge in [0.15, 0.2) is 12.4 Å². The second-order valence-corrected chi connectivity index (χ2v) is 6.38. The number of carbonyl (C=O) groups is 1. The molecule has 0 saturated carbocycles. The van der Waals surface area contributed by atoms with E-state index in [2.05, 4.69) is 26.1 Å². The summed E-state index contributed by atoms with van der Waals surface area (Å²) in [4.78, 5) is 15.9. The third-order valence-electron chi connectivity index (χ3n) is 2.62. The van der Waals surface area contributed by atoms with Gasteiger partial charge in [0.25, 0.3) is 5.89 Å². The first-order chi connectivity index (χ1) is 9.77. The second kappa shape index (κ2) is 5.93. The van der Waals surface area contributed by atoms with E-state index in [0.29, 0.717) is 10.3 Å². The Balaban J connectivity index is 2.03. The lowest BCUT2D eigenvalue weighted by Gasteiger charge is -2.10. The van der Waals surface area contributed by atoms with E-state index in [1.807, 2.05) is 20.8 Å². The molecule has 0 amide bonds. The molecule has 0 fully saturated rings. The Morgan fingerprint density at radius 1 is 1.43 bits per heavy atom. The zero-order valence-corrected chi connectivity index (χ0v) is 13.4. The van der Waals surface area contributed by atoms with E-state index in [-0.39, 0.29) is 23.5 Å². The van der Waals surface area contributed by atoms with E-state index in [9.17, 15) is 9.18 Å². The van der Waals surface area contributed by atoms with Crippen LogP contribution in [-0.4, -0.2) is 16.1 Å². The number of rotatable bonds is 3. The van der Waals surface area contributed by atoms with Gasteiger partial charge in [-0.1, -0.05) is 41.9 Å². The van der Waals surface area contributed by atoms with Gasteiger partial charge in [-0.15, -0.1) is 0 Å². The lowest BCUT2D eigenvalue weighted by atomic mass is 9.96. The molecule has 0 radical (unpaired) electrons. The van der Waals surface area contributed by atoms with Crippen LogP contribution in [0.1, 0.15) is 42.8 Å². The average Bonchev–Trinajstić information content (AvgIpc) is 2.84. The van der Waals surface area contributed by atoms with Crippen LogP contribution in [0, 0.1) is 5.82 Å². The van der Waals surface area contributed by atoms with Gasteiger partial charge in [-0.2, -0.15) is 4.98 Å². The van der Waals surface area contributed by atoms with Crippen molar-refractivity contribution in [3.05, 3.63) is 45.8 Å². The quantitative estimate of drug-likeness (QED) is 0.785. The van der Waals surface area contributed by atoms with Crippen molar-refractivity contribution in [2.24, 2.45) is 0 Å². The summed E-state index contributed by atoms with van der Waals surface area (Å²) in [6.07, 6.45) is 0. The number of ether oxygens (including phenoxy) is 1. The molecule has 1 aromatic heterocycles. The average molecular weight is 357 g/mol. The van der Waals surface area contributed by atoms with Crippen molar-refractivity contribution in [2.75, 3.05) is 0 Å². The normalized spacial score (nSPS) is 11.5. The molecule has 5 nitrogen and oxygen atoms in total. The molecule has 1 aromatic carbocycles. The van der Waals surface area contributed by atoms with Crippen LogP contribution in [0.15, 0.2) is 27.2 Å². The predicted molar refractivity (Wildman–Crippen MR) is 76.2 cm³/mol. The molecule has 0 aliphatic heterocycles. The van der Waals surface area contributed by atoms with Gasteiger partial charge in [0.1, 0.15) is 5.82 Å². The number of carbonyl (C=O) groups excluding carboxylic acids is 1. The molecule has 2 rings (SSSR count).